The maximum Gasteiger partial charge on any atom is 0.271 e. The third-order valence-electron chi connectivity index (χ3n) is 5.86. The normalized spacial score (nSPS) is 12.3. The van der Waals surface area contributed by atoms with Gasteiger partial charge in [0.25, 0.3) is 11.6 Å². The molecule has 0 atom stereocenters. The van der Waals surface area contributed by atoms with Crippen molar-refractivity contribution in [1.82, 2.24) is 4.98 Å². The number of anilines is 4. The summed E-state index contributed by atoms with van der Waals surface area (Å²) in [6.45, 7) is 1.98. The van der Waals surface area contributed by atoms with Gasteiger partial charge in [0.1, 0.15) is 0 Å². The zero-order valence-corrected chi connectivity index (χ0v) is 20.4. The molecular formula is C30H23N5O3. The number of nitro groups is 1. The molecule has 0 saturated carbocycles. The lowest BCUT2D eigenvalue weighted by molar-refractivity contribution is -0.384. The molecule has 0 bridgehead atoms. The van der Waals surface area contributed by atoms with Gasteiger partial charge in [-0.1, -0.05) is 6.07 Å². The van der Waals surface area contributed by atoms with Gasteiger partial charge in [0.15, 0.2) is 0 Å². The lowest BCUT2D eigenvalue weighted by Crippen LogP contribution is -2.12. The van der Waals surface area contributed by atoms with Crippen molar-refractivity contribution in [2.24, 2.45) is 0 Å². The molecule has 0 aliphatic heterocycles. The molecule has 0 radical (unpaired) electrons. The highest BCUT2D eigenvalue weighted by Crippen LogP contribution is 2.28. The van der Waals surface area contributed by atoms with E-state index in [9.17, 15) is 14.9 Å². The van der Waals surface area contributed by atoms with Crippen LogP contribution in [-0.2, 0) is 0 Å². The summed E-state index contributed by atoms with van der Waals surface area (Å²) in [5.74, 6) is -0.223. The Morgan fingerprint density at radius 1 is 0.921 bits per heavy atom. The van der Waals surface area contributed by atoms with Gasteiger partial charge in [-0.25, -0.2) is 0 Å². The van der Waals surface area contributed by atoms with Crippen molar-refractivity contribution in [2.75, 3.05) is 16.0 Å². The zero-order chi connectivity index (χ0) is 26.5. The molecule has 1 heterocycles. The summed E-state index contributed by atoms with van der Waals surface area (Å²) in [5.41, 5.74) is 9.14. The van der Waals surface area contributed by atoms with Crippen LogP contribution >= 0.6 is 0 Å². The number of aromatic nitrogens is 1. The van der Waals surface area contributed by atoms with E-state index in [-0.39, 0.29) is 11.6 Å². The fourth-order valence-corrected chi connectivity index (χ4v) is 3.92. The predicted molar refractivity (Wildman–Crippen MR) is 151 cm³/mol. The second-order valence-corrected chi connectivity index (χ2v) is 8.63. The van der Waals surface area contributed by atoms with Crippen molar-refractivity contribution in [1.29, 1.82) is 0 Å². The van der Waals surface area contributed by atoms with Crippen LogP contribution in [-0.4, -0.2) is 15.8 Å². The van der Waals surface area contributed by atoms with Crippen LogP contribution in [0.4, 0.5) is 28.4 Å². The van der Waals surface area contributed by atoms with Crippen LogP contribution in [0.2, 0.25) is 0 Å². The highest BCUT2D eigenvalue weighted by atomic mass is 16.6. The standard InChI is InChI=1S/C30H23N5O3/c1-20-4-2-6-22(9-8-20)32-25-7-3-5-21(18-25)30(36)34-24-12-10-23(11-13-24)33-28-16-17-31-29-19-26(35(37)38)14-15-27(28)29/h2-3,5-19,32H,1H3,(H,31,33)(H,34,36). The Morgan fingerprint density at radius 3 is 2.55 bits per heavy atom. The molecule has 3 aromatic carbocycles. The molecule has 1 aliphatic carbocycles. The lowest BCUT2D eigenvalue weighted by atomic mass is 10.1. The van der Waals surface area contributed by atoms with Crippen LogP contribution in [0, 0.1) is 10.1 Å². The number of nitro benzene ring substituents is 1. The fraction of sp³-hybridized carbons (Fsp3) is 0.0333. The number of hydrogen-bond acceptors (Lipinski definition) is 6. The third kappa shape index (κ3) is 5.67. The first-order valence-corrected chi connectivity index (χ1v) is 11.8. The Hall–Kier alpha value is -5.46. The number of carbonyl (C=O) groups is 1. The van der Waals surface area contributed by atoms with Gasteiger partial charge in [-0.2, -0.15) is 0 Å². The minimum absolute atomic E-state index is 0.00791. The smallest absolute Gasteiger partial charge is 0.271 e. The van der Waals surface area contributed by atoms with Crippen molar-refractivity contribution in [2.45, 2.75) is 6.92 Å². The minimum atomic E-state index is -0.441. The Balaban J connectivity index is 1.25. The average Bonchev–Trinajstić information content (AvgIpc) is 3.13. The molecule has 1 amide bonds. The van der Waals surface area contributed by atoms with Crippen molar-refractivity contribution < 1.29 is 9.72 Å². The third-order valence-corrected chi connectivity index (χ3v) is 5.86. The van der Waals surface area contributed by atoms with Crippen LogP contribution in [0.3, 0.4) is 0 Å². The number of non-ortho nitro benzene ring substituents is 1. The predicted octanol–water partition coefficient (Wildman–Crippen LogP) is 7.11. The second kappa shape index (κ2) is 10.7. The summed E-state index contributed by atoms with van der Waals surface area (Å²) in [6.07, 6.45) is 9.32. The van der Waals surface area contributed by atoms with E-state index < -0.39 is 4.92 Å². The molecule has 4 aromatic rings. The molecule has 38 heavy (non-hydrogen) atoms. The van der Waals surface area contributed by atoms with Gasteiger partial charge in [-0.3, -0.25) is 19.9 Å². The van der Waals surface area contributed by atoms with E-state index in [4.69, 9.17) is 0 Å². The molecule has 3 N–H and O–H groups in total. The zero-order valence-electron chi connectivity index (χ0n) is 20.4. The largest absolute Gasteiger partial charge is 0.355 e. The van der Waals surface area contributed by atoms with Gasteiger partial charge < -0.3 is 16.0 Å². The number of fused-ring (bicyclic) bond motifs is 1. The van der Waals surface area contributed by atoms with E-state index in [0.717, 1.165) is 33.7 Å². The Bertz CT molecular complexity index is 1680. The number of nitrogens with zero attached hydrogens (tertiary/aromatic N) is 2. The first-order valence-electron chi connectivity index (χ1n) is 11.8. The molecule has 186 valence electrons. The number of nitrogens with one attached hydrogen (secondary N) is 3. The van der Waals surface area contributed by atoms with E-state index in [2.05, 4.69) is 26.7 Å². The number of allylic oxidation sites excluding steroid dienone is 4. The highest BCUT2D eigenvalue weighted by Gasteiger charge is 2.11. The molecule has 0 saturated heterocycles. The average molecular weight is 502 g/mol. The van der Waals surface area contributed by atoms with Gasteiger partial charge in [-0.05, 0) is 91.4 Å². The summed E-state index contributed by atoms with van der Waals surface area (Å²) in [6, 6.07) is 21.0. The van der Waals surface area contributed by atoms with E-state index in [1.807, 2.05) is 55.5 Å². The Labute approximate surface area is 218 Å². The van der Waals surface area contributed by atoms with Crippen LogP contribution in [0.1, 0.15) is 17.3 Å². The van der Waals surface area contributed by atoms with Crippen molar-refractivity contribution in [3.63, 3.8) is 0 Å². The Morgan fingerprint density at radius 2 is 1.74 bits per heavy atom. The number of benzene rings is 3. The highest BCUT2D eigenvalue weighted by molar-refractivity contribution is 6.05. The first-order chi connectivity index (χ1) is 18.4. The summed E-state index contributed by atoms with van der Waals surface area (Å²) >= 11 is 0. The van der Waals surface area contributed by atoms with Crippen molar-refractivity contribution >= 4 is 45.2 Å². The molecule has 1 aliphatic rings. The number of hydrogen-bond donors (Lipinski definition) is 3. The first kappa shape index (κ1) is 24.2. The van der Waals surface area contributed by atoms with Crippen LogP contribution in [0.15, 0.2) is 120 Å². The molecule has 0 unspecified atom stereocenters. The molecule has 5 rings (SSSR count). The van der Waals surface area contributed by atoms with Gasteiger partial charge in [0, 0.05) is 57.7 Å². The van der Waals surface area contributed by atoms with Crippen LogP contribution in [0.25, 0.3) is 10.9 Å². The summed E-state index contributed by atoms with van der Waals surface area (Å²) in [7, 11) is 0. The van der Waals surface area contributed by atoms with Crippen molar-refractivity contribution in [3.05, 3.63) is 136 Å². The molecule has 0 spiro atoms. The monoisotopic (exact) mass is 501 g/mol. The summed E-state index contributed by atoms with van der Waals surface area (Å²) in [4.78, 5) is 27.8. The summed E-state index contributed by atoms with van der Waals surface area (Å²) < 4.78 is 0. The number of rotatable bonds is 7. The lowest BCUT2D eigenvalue weighted by Gasteiger charge is -2.11. The van der Waals surface area contributed by atoms with Gasteiger partial charge in [0.2, 0.25) is 0 Å². The minimum Gasteiger partial charge on any atom is -0.355 e. The second-order valence-electron chi connectivity index (χ2n) is 8.63. The Kier molecular flexibility index (Phi) is 6.80. The van der Waals surface area contributed by atoms with Gasteiger partial charge >= 0.3 is 0 Å². The van der Waals surface area contributed by atoms with Gasteiger partial charge in [-0.15, -0.1) is 5.73 Å². The number of carbonyl (C=O) groups excluding carboxylic acids is 1. The molecule has 1 aromatic heterocycles. The van der Waals surface area contributed by atoms with E-state index in [0.29, 0.717) is 16.8 Å². The van der Waals surface area contributed by atoms with Crippen LogP contribution < -0.4 is 16.0 Å². The number of pyridine rings is 1. The quantitative estimate of drug-likeness (QED) is 0.141. The SMILES string of the molecule is CC1=C=CC=C(Nc2cccc(C(=O)Nc3ccc(Nc4ccnc5cc([N+](=O)[O-])ccc45)cc3)c2)C=C1. The topological polar surface area (TPSA) is 109 Å². The van der Waals surface area contributed by atoms with E-state index in [1.165, 1.54) is 12.1 Å². The summed E-state index contributed by atoms with van der Waals surface area (Å²) in [5, 5.41) is 21.4. The van der Waals surface area contributed by atoms with E-state index >= 15 is 0 Å². The van der Waals surface area contributed by atoms with Crippen LogP contribution in [0.5, 0.6) is 0 Å². The molecule has 0 fully saturated rings. The maximum atomic E-state index is 12.9. The van der Waals surface area contributed by atoms with E-state index in [1.54, 1.807) is 42.6 Å². The molecular weight excluding hydrogens is 478 g/mol. The number of amides is 1. The molecule has 8 nitrogen and oxygen atoms in total. The van der Waals surface area contributed by atoms with Gasteiger partial charge in [0.05, 0.1) is 10.4 Å². The van der Waals surface area contributed by atoms with Crippen molar-refractivity contribution in [3.8, 4) is 0 Å². The fourth-order valence-electron chi connectivity index (χ4n) is 3.92. The maximum absolute atomic E-state index is 12.9. The molecule has 8 heteroatoms.